The molecule has 4 rings (SSSR count). The number of carbonyl (C=O) groups is 2. The van der Waals surface area contributed by atoms with Crippen molar-refractivity contribution in [2.45, 2.75) is 6.61 Å². The third-order valence-corrected chi connectivity index (χ3v) is 5.73. The molecule has 31 heavy (non-hydrogen) atoms. The Bertz CT molecular complexity index is 858. The Morgan fingerprint density at radius 2 is 1.45 bits per heavy atom. The van der Waals surface area contributed by atoms with Crippen LogP contribution in [0.1, 0.15) is 15.9 Å². The van der Waals surface area contributed by atoms with Gasteiger partial charge in [-0.1, -0.05) is 30.3 Å². The Labute approximate surface area is 183 Å². The third-order valence-electron chi connectivity index (χ3n) is 5.73. The van der Waals surface area contributed by atoms with Gasteiger partial charge in [-0.3, -0.25) is 14.5 Å². The zero-order valence-electron chi connectivity index (χ0n) is 17.7. The summed E-state index contributed by atoms with van der Waals surface area (Å²) >= 11 is 0. The van der Waals surface area contributed by atoms with Gasteiger partial charge in [0.1, 0.15) is 12.4 Å². The first-order valence-corrected chi connectivity index (χ1v) is 10.8. The summed E-state index contributed by atoms with van der Waals surface area (Å²) in [5.41, 5.74) is 1.74. The average Bonchev–Trinajstić information content (AvgIpc) is 2.84. The molecule has 2 aliphatic heterocycles. The maximum atomic E-state index is 12.8. The topological polar surface area (TPSA) is 62.3 Å². The maximum Gasteiger partial charge on any atom is 0.253 e. The van der Waals surface area contributed by atoms with Crippen LogP contribution in [-0.4, -0.2) is 85.5 Å². The number of hydrogen-bond donors (Lipinski definition) is 0. The number of benzene rings is 2. The highest BCUT2D eigenvalue weighted by molar-refractivity contribution is 5.94. The van der Waals surface area contributed by atoms with Gasteiger partial charge in [0.05, 0.1) is 19.8 Å². The molecule has 2 aromatic rings. The van der Waals surface area contributed by atoms with E-state index in [1.165, 1.54) is 0 Å². The van der Waals surface area contributed by atoms with Crippen molar-refractivity contribution < 1.29 is 19.1 Å². The summed E-state index contributed by atoms with van der Waals surface area (Å²) in [6.07, 6.45) is 0. The normalized spacial score (nSPS) is 17.4. The molecule has 0 aromatic heterocycles. The van der Waals surface area contributed by atoms with E-state index in [0.29, 0.717) is 58.1 Å². The molecule has 2 amide bonds. The van der Waals surface area contributed by atoms with E-state index in [2.05, 4.69) is 4.90 Å². The SMILES string of the molecule is O=C(CN1CCOCC1)N1CCN(C(=O)c2ccc(OCc3ccccc3)cc2)CC1. The van der Waals surface area contributed by atoms with Crippen LogP contribution in [0.2, 0.25) is 0 Å². The number of morpholine rings is 1. The molecule has 0 bridgehead atoms. The van der Waals surface area contributed by atoms with Gasteiger partial charge in [0.25, 0.3) is 5.91 Å². The highest BCUT2D eigenvalue weighted by atomic mass is 16.5. The molecular weight excluding hydrogens is 394 g/mol. The number of carbonyl (C=O) groups excluding carboxylic acids is 2. The largest absolute Gasteiger partial charge is 0.489 e. The van der Waals surface area contributed by atoms with Crippen LogP contribution in [0.15, 0.2) is 54.6 Å². The maximum absolute atomic E-state index is 12.8. The summed E-state index contributed by atoms with van der Waals surface area (Å²) in [6.45, 7) is 6.17. The second-order valence-electron chi connectivity index (χ2n) is 7.86. The summed E-state index contributed by atoms with van der Waals surface area (Å²) in [5, 5.41) is 0. The fourth-order valence-corrected chi connectivity index (χ4v) is 3.83. The summed E-state index contributed by atoms with van der Waals surface area (Å²) in [6, 6.07) is 17.2. The zero-order valence-corrected chi connectivity index (χ0v) is 17.7. The second-order valence-corrected chi connectivity index (χ2v) is 7.86. The molecule has 7 heteroatoms. The lowest BCUT2D eigenvalue weighted by Crippen LogP contribution is -2.53. The van der Waals surface area contributed by atoms with Gasteiger partial charge in [-0.2, -0.15) is 0 Å². The van der Waals surface area contributed by atoms with Crippen LogP contribution in [0.3, 0.4) is 0 Å². The van der Waals surface area contributed by atoms with E-state index in [4.69, 9.17) is 9.47 Å². The highest BCUT2D eigenvalue weighted by Crippen LogP contribution is 2.16. The average molecular weight is 424 g/mol. The second kappa shape index (κ2) is 10.4. The van der Waals surface area contributed by atoms with Gasteiger partial charge in [0, 0.05) is 44.8 Å². The van der Waals surface area contributed by atoms with E-state index in [1.54, 1.807) is 12.1 Å². The number of rotatable bonds is 6. The summed E-state index contributed by atoms with van der Waals surface area (Å²) in [7, 11) is 0. The molecule has 2 fully saturated rings. The smallest absolute Gasteiger partial charge is 0.253 e. The van der Waals surface area contributed by atoms with Crippen molar-refractivity contribution in [1.82, 2.24) is 14.7 Å². The zero-order chi connectivity index (χ0) is 21.5. The van der Waals surface area contributed by atoms with Crippen molar-refractivity contribution in [3.8, 4) is 5.75 Å². The molecule has 0 saturated carbocycles. The molecule has 2 aromatic carbocycles. The lowest BCUT2D eigenvalue weighted by atomic mass is 10.1. The fraction of sp³-hybridized carbons (Fsp3) is 0.417. The van der Waals surface area contributed by atoms with Crippen LogP contribution in [0.4, 0.5) is 0 Å². The van der Waals surface area contributed by atoms with Gasteiger partial charge in [-0.05, 0) is 29.8 Å². The van der Waals surface area contributed by atoms with E-state index in [9.17, 15) is 9.59 Å². The number of ether oxygens (including phenoxy) is 2. The molecule has 2 heterocycles. The Balaban J connectivity index is 1.24. The molecule has 7 nitrogen and oxygen atoms in total. The Kier molecular flexibility index (Phi) is 7.17. The van der Waals surface area contributed by atoms with E-state index in [0.717, 1.165) is 24.4 Å². The third kappa shape index (κ3) is 5.83. The quantitative estimate of drug-likeness (QED) is 0.710. The molecule has 0 radical (unpaired) electrons. The molecule has 0 spiro atoms. The fourth-order valence-electron chi connectivity index (χ4n) is 3.83. The Morgan fingerprint density at radius 1 is 0.806 bits per heavy atom. The van der Waals surface area contributed by atoms with Gasteiger partial charge in [0.2, 0.25) is 5.91 Å². The minimum Gasteiger partial charge on any atom is -0.489 e. The van der Waals surface area contributed by atoms with Gasteiger partial charge < -0.3 is 19.3 Å². The van der Waals surface area contributed by atoms with Crippen LogP contribution in [0.5, 0.6) is 5.75 Å². The number of nitrogens with zero attached hydrogens (tertiary/aromatic N) is 3. The first kappa shape index (κ1) is 21.3. The molecule has 0 aliphatic carbocycles. The monoisotopic (exact) mass is 423 g/mol. The number of amides is 2. The predicted octanol–water partition coefficient (Wildman–Crippen LogP) is 1.88. The molecule has 2 aliphatic rings. The van der Waals surface area contributed by atoms with Crippen molar-refractivity contribution in [1.29, 1.82) is 0 Å². The van der Waals surface area contributed by atoms with Crippen molar-refractivity contribution in [2.24, 2.45) is 0 Å². The van der Waals surface area contributed by atoms with Crippen LogP contribution in [0, 0.1) is 0 Å². The van der Waals surface area contributed by atoms with Gasteiger partial charge in [0.15, 0.2) is 0 Å². The summed E-state index contributed by atoms with van der Waals surface area (Å²) < 4.78 is 11.1. The minimum absolute atomic E-state index is 0.00473. The molecule has 2 saturated heterocycles. The van der Waals surface area contributed by atoms with E-state index in [1.807, 2.05) is 52.3 Å². The summed E-state index contributed by atoms with van der Waals surface area (Å²) in [4.78, 5) is 31.2. The van der Waals surface area contributed by atoms with Crippen LogP contribution >= 0.6 is 0 Å². The Hall–Kier alpha value is -2.90. The van der Waals surface area contributed by atoms with Crippen molar-refractivity contribution in [2.75, 3.05) is 59.0 Å². The van der Waals surface area contributed by atoms with Crippen LogP contribution in [-0.2, 0) is 16.1 Å². The lowest BCUT2D eigenvalue weighted by Gasteiger charge is -2.36. The molecule has 0 N–H and O–H groups in total. The van der Waals surface area contributed by atoms with Gasteiger partial charge in [-0.25, -0.2) is 0 Å². The standard InChI is InChI=1S/C24H29N3O4/c28-23(18-25-14-16-30-17-15-25)26-10-12-27(13-11-26)24(29)21-6-8-22(9-7-21)31-19-20-4-2-1-3-5-20/h1-9H,10-19H2. The highest BCUT2D eigenvalue weighted by Gasteiger charge is 2.26. The van der Waals surface area contributed by atoms with Crippen molar-refractivity contribution >= 4 is 11.8 Å². The van der Waals surface area contributed by atoms with Crippen LogP contribution in [0.25, 0.3) is 0 Å². The molecular formula is C24H29N3O4. The molecule has 164 valence electrons. The predicted molar refractivity (Wildman–Crippen MR) is 117 cm³/mol. The molecule has 0 atom stereocenters. The van der Waals surface area contributed by atoms with Crippen molar-refractivity contribution in [3.05, 3.63) is 65.7 Å². The Morgan fingerprint density at radius 3 is 2.13 bits per heavy atom. The number of piperazine rings is 1. The van der Waals surface area contributed by atoms with E-state index in [-0.39, 0.29) is 11.8 Å². The first-order chi connectivity index (χ1) is 15.2. The first-order valence-electron chi connectivity index (χ1n) is 10.8. The van der Waals surface area contributed by atoms with E-state index < -0.39 is 0 Å². The lowest BCUT2D eigenvalue weighted by molar-refractivity contribution is -0.134. The number of hydrogen-bond acceptors (Lipinski definition) is 5. The van der Waals surface area contributed by atoms with Crippen LogP contribution < -0.4 is 4.74 Å². The van der Waals surface area contributed by atoms with E-state index >= 15 is 0 Å². The van der Waals surface area contributed by atoms with Crippen molar-refractivity contribution in [3.63, 3.8) is 0 Å². The van der Waals surface area contributed by atoms with Gasteiger partial charge in [-0.15, -0.1) is 0 Å². The van der Waals surface area contributed by atoms with Gasteiger partial charge >= 0.3 is 0 Å². The minimum atomic E-state index is -0.00473. The summed E-state index contributed by atoms with van der Waals surface area (Å²) in [5.74, 6) is 0.864. The molecule has 0 unspecified atom stereocenters.